The standard InChI is InChI=1S/C16H21Cl2N/c17-13-4-3-5-14(15(13)18)19-12-6-10-16(11-7-12)8-1-2-9-16/h3-5,12,19H,1-2,6-11H2. The van der Waals surface area contributed by atoms with Crippen molar-refractivity contribution in [3.8, 4) is 0 Å². The van der Waals surface area contributed by atoms with E-state index in [1.807, 2.05) is 18.2 Å². The van der Waals surface area contributed by atoms with Crippen LogP contribution in [0.1, 0.15) is 51.4 Å². The van der Waals surface area contributed by atoms with Crippen LogP contribution in [0.25, 0.3) is 0 Å². The Hall–Kier alpha value is -0.400. The van der Waals surface area contributed by atoms with E-state index in [-0.39, 0.29) is 0 Å². The van der Waals surface area contributed by atoms with Gasteiger partial charge in [0.25, 0.3) is 0 Å². The molecule has 3 rings (SSSR count). The van der Waals surface area contributed by atoms with Gasteiger partial charge in [-0.05, 0) is 56.1 Å². The molecule has 1 aromatic carbocycles. The fourth-order valence-electron chi connectivity index (χ4n) is 3.83. The van der Waals surface area contributed by atoms with Crippen LogP contribution in [0.5, 0.6) is 0 Å². The van der Waals surface area contributed by atoms with Gasteiger partial charge in [-0.3, -0.25) is 0 Å². The Balaban J connectivity index is 1.61. The first-order valence-corrected chi connectivity index (χ1v) is 8.15. The second-order valence-corrected chi connectivity index (χ2v) is 7.01. The van der Waals surface area contributed by atoms with Crippen LogP contribution in [0.4, 0.5) is 5.69 Å². The van der Waals surface area contributed by atoms with Crippen LogP contribution in [0.15, 0.2) is 18.2 Å². The van der Waals surface area contributed by atoms with E-state index in [0.717, 1.165) is 5.69 Å². The topological polar surface area (TPSA) is 12.0 Å². The molecule has 2 aliphatic carbocycles. The van der Waals surface area contributed by atoms with E-state index in [9.17, 15) is 0 Å². The molecular formula is C16H21Cl2N. The molecule has 0 bridgehead atoms. The van der Waals surface area contributed by atoms with Gasteiger partial charge in [-0.2, -0.15) is 0 Å². The molecule has 0 amide bonds. The summed E-state index contributed by atoms with van der Waals surface area (Å²) in [6, 6.07) is 6.37. The van der Waals surface area contributed by atoms with Crippen molar-refractivity contribution in [3.05, 3.63) is 28.2 Å². The third kappa shape index (κ3) is 2.87. The summed E-state index contributed by atoms with van der Waals surface area (Å²) in [6.45, 7) is 0. The van der Waals surface area contributed by atoms with Crippen LogP contribution >= 0.6 is 23.2 Å². The monoisotopic (exact) mass is 297 g/mol. The molecule has 2 saturated carbocycles. The van der Waals surface area contributed by atoms with Crippen LogP contribution < -0.4 is 5.32 Å². The van der Waals surface area contributed by atoms with Crippen molar-refractivity contribution in [1.29, 1.82) is 0 Å². The van der Waals surface area contributed by atoms with Gasteiger partial charge in [0.05, 0.1) is 15.7 Å². The summed E-state index contributed by atoms with van der Waals surface area (Å²) < 4.78 is 0. The maximum atomic E-state index is 6.24. The van der Waals surface area contributed by atoms with E-state index in [0.29, 0.717) is 21.5 Å². The number of rotatable bonds is 2. The number of hydrogen-bond acceptors (Lipinski definition) is 1. The van der Waals surface area contributed by atoms with Gasteiger partial charge in [-0.1, -0.05) is 42.1 Å². The summed E-state index contributed by atoms with van der Waals surface area (Å²) in [7, 11) is 0. The first kappa shape index (κ1) is 13.6. The Kier molecular flexibility index (Phi) is 3.96. The second-order valence-electron chi connectivity index (χ2n) is 6.23. The Morgan fingerprint density at radius 3 is 2.37 bits per heavy atom. The van der Waals surface area contributed by atoms with Crippen molar-refractivity contribution < 1.29 is 0 Å². The zero-order chi connectivity index (χ0) is 13.3. The number of hydrogen-bond donors (Lipinski definition) is 1. The largest absolute Gasteiger partial charge is 0.381 e. The summed E-state index contributed by atoms with van der Waals surface area (Å²) in [6.07, 6.45) is 11.1. The first-order valence-electron chi connectivity index (χ1n) is 7.39. The number of nitrogens with one attached hydrogen (secondary N) is 1. The fourth-order valence-corrected chi connectivity index (χ4v) is 4.19. The molecule has 1 aromatic rings. The first-order chi connectivity index (χ1) is 9.19. The highest BCUT2D eigenvalue weighted by Gasteiger charge is 2.37. The number of benzene rings is 1. The van der Waals surface area contributed by atoms with Crippen LogP contribution in [0, 0.1) is 5.41 Å². The summed E-state index contributed by atoms with van der Waals surface area (Å²) in [5.41, 5.74) is 1.68. The summed E-state index contributed by atoms with van der Waals surface area (Å²) >= 11 is 12.3. The molecule has 0 unspecified atom stereocenters. The normalized spacial score (nSPS) is 22.8. The maximum absolute atomic E-state index is 6.24. The summed E-state index contributed by atoms with van der Waals surface area (Å²) in [5.74, 6) is 0. The van der Waals surface area contributed by atoms with Crippen LogP contribution in [-0.2, 0) is 0 Å². The average Bonchev–Trinajstić information content (AvgIpc) is 2.86. The highest BCUT2D eigenvalue weighted by atomic mass is 35.5. The van der Waals surface area contributed by atoms with E-state index in [1.54, 1.807) is 0 Å². The molecule has 104 valence electrons. The number of halogens is 2. The SMILES string of the molecule is Clc1cccc(NC2CCC3(CCCC3)CC2)c1Cl. The molecule has 0 heterocycles. The molecule has 1 N–H and O–H groups in total. The summed E-state index contributed by atoms with van der Waals surface area (Å²) in [5, 5.41) is 4.87. The molecular weight excluding hydrogens is 277 g/mol. The van der Waals surface area contributed by atoms with Crippen molar-refractivity contribution in [2.75, 3.05) is 5.32 Å². The molecule has 2 aliphatic rings. The Morgan fingerprint density at radius 1 is 1.00 bits per heavy atom. The highest BCUT2D eigenvalue weighted by Crippen LogP contribution is 2.49. The minimum absolute atomic E-state index is 0.558. The Morgan fingerprint density at radius 2 is 1.68 bits per heavy atom. The molecule has 0 aromatic heterocycles. The fraction of sp³-hybridized carbons (Fsp3) is 0.625. The molecule has 1 spiro atoms. The predicted octanol–water partition coefficient (Wildman–Crippen LogP) is 5.91. The van der Waals surface area contributed by atoms with E-state index in [4.69, 9.17) is 23.2 Å². The van der Waals surface area contributed by atoms with Crippen molar-refractivity contribution in [2.45, 2.75) is 57.4 Å². The molecule has 0 aliphatic heterocycles. The molecule has 0 saturated heterocycles. The van der Waals surface area contributed by atoms with E-state index >= 15 is 0 Å². The molecule has 2 fully saturated rings. The highest BCUT2D eigenvalue weighted by molar-refractivity contribution is 6.43. The van der Waals surface area contributed by atoms with Gasteiger partial charge in [-0.15, -0.1) is 0 Å². The molecule has 3 heteroatoms. The molecule has 1 nitrogen and oxygen atoms in total. The van der Waals surface area contributed by atoms with Gasteiger partial charge in [0, 0.05) is 6.04 Å². The smallest absolute Gasteiger partial charge is 0.0823 e. The summed E-state index contributed by atoms with van der Waals surface area (Å²) in [4.78, 5) is 0. The van der Waals surface area contributed by atoms with Crippen molar-refractivity contribution in [1.82, 2.24) is 0 Å². The third-order valence-electron chi connectivity index (χ3n) is 5.02. The van der Waals surface area contributed by atoms with Gasteiger partial charge >= 0.3 is 0 Å². The van der Waals surface area contributed by atoms with Gasteiger partial charge in [-0.25, -0.2) is 0 Å². The van der Waals surface area contributed by atoms with Gasteiger partial charge in [0.15, 0.2) is 0 Å². The third-order valence-corrected chi connectivity index (χ3v) is 5.84. The quantitative estimate of drug-likeness (QED) is 0.715. The van der Waals surface area contributed by atoms with E-state index in [2.05, 4.69) is 5.32 Å². The minimum atomic E-state index is 0.558. The van der Waals surface area contributed by atoms with Gasteiger partial charge in [0.1, 0.15) is 0 Å². The maximum Gasteiger partial charge on any atom is 0.0823 e. The van der Waals surface area contributed by atoms with Crippen LogP contribution in [0.3, 0.4) is 0 Å². The van der Waals surface area contributed by atoms with Crippen molar-refractivity contribution >= 4 is 28.9 Å². The second kappa shape index (κ2) is 5.54. The zero-order valence-corrected chi connectivity index (χ0v) is 12.7. The predicted molar refractivity (Wildman–Crippen MR) is 83.2 cm³/mol. The van der Waals surface area contributed by atoms with Crippen LogP contribution in [0.2, 0.25) is 10.0 Å². The van der Waals surface area contributed by atoms with Gasteiger partial charge < -0.3 is 5.32 Å². The molecule has 19 heavy (non-hydrogen) atoms. The Bertz CT molecular complexity index is 442. The number of anilines is 1. The van der Waals surface area contributed by atoms with Gasteiger partial charge in [0.2, 0.25) is 0 Å². The van der Waals surface area contributed by atoms with E-state index in [1.165, 1.54) is 51.4 Å². The lowest BCUT2D eigenvalue weighted by Crippen LogP contribution is -2.31. The Labute approximate surface area is 125 Å². The van der Waals surface area contributed by atoms with Crippen LogP contribution in [-0.4, -0.2) is 6.04 Å². The van der Waals surface area contributed by atoms with Crippen molar-refractivity contribution in [3.63, 3.8) is 0 Å². The van der Waals surface area contributed by atoms with Crippen molar-refractivity contribution in [2.24, 2.45) is 5.41 Å². The lowest BCUT2D eigenvalue weighted by molar-refractivity contribution is 0.188. The van der Waals surface area contributed by atoms with E-state index < -0.39 is 0 Å². The lowest BCUT2D eigenvalue weighted by atomic mass is 9.71. The zero-order valence-electron chi connectivity index (χ0n) is 11.2. The minimum Gasteiger partial charge on any atom is -0.381 e. The molecule has 0 radical (unpaired) electrons. The lowest BCUT2D eigenvalue weighted by Gasteiger charge is -2.38. The average molecular weight is 298 g/mol. The molecule has 0 atom stereocenters.